The van der Waals surface area contributed by atoms with Crippen LogP contribution in [0.25, 0.3) is 0 Å². The minimum atomic E-state index is 0.372. The van der Waals surface area contributed by atoms with E-state index < -0.39 is 0 Å². The molecule has 1 saturated carbocycles. The Morgan fingerprint density at radius 2 is 1.94 bits per heavy atom. The molecule has 1 fully saturated rings. The maximum absolute atomic E-state index is 6.04. The molecule has 98 valence electrons. The van der Waals surface area contributed by atoms with E-state index >= 15 is 0 Å². The molecule has 0 aliphatic heterocycles. The van der Waals surface area contributed by atoms with Gasteiger partial charge >= 0.3 is 0 Å². The van der Waals surface area contributed by atoms with E-state index in [2.05, 4.69) is 6.92 Å². The summed E-state index contributed by atoms with van der Waals surface area (Å²) in [5.74, 6) is 1.79. The minimum absolute atomic E-state index is 0.372. The number of nitrogens with two attached hydrogens (primary N) is 1. The number of thiocarbonyl (C=S) groups is 1. The average Bonchev–Trinajstić information content (AvgIpc) is 2.32. The van der Waals surface area contributed by atoms with Crippen LogP contribution in [-0.2, 0) is 0 Å². The van der Waals surface area contributed by atoms with E-state index in [1.807, 2.05) is 25.1 Å². The molecule has 2 N–H and O–H groups in total. The van der Waals surface area contributed by atoms with Crippen molar-refractivity contribution in [1.82, 2.24) is 0 Å². The SMILES string of the molecule is Cc1cc(OC2CCC(C)CC2)ccc1C(N)=S. The minimum Gasteiger partial charge on any atom is -0.490 e. The highest BCUT2D eigenvalue weighted by Gasteiger charge is 2.19. The molecule has 18 heavy (non-hydrogen) atoms. The van der Waals surface area contributed by atoms with E-state index in [1.165, 1.54) is 12.8 Å². The summed E-state index contributed by atoms with van der Waals surface area (Å²) in [6.45, 7) is 4.33. The van der Waals surface area contributed by atoms with Gasteiger partial charge in [-0.05, 0) is 62.3 Å². The third-order valence-corrected chi connectivity index (χ3v) is 3.95. The fourth-order valence-electron chi connectivity index (χ4n) is 2.53. The van der Waals surface area contributed by atoms with Gasteiger partial charge in [-0.2, -0.15) is 0 Å². The van der Waals surface area contributed by atoms with Crippen LogP contribution >= 0.6 is 12.2 Å². The van der Waals surface area contributed by atoms with Crippen LogP contribution in [0.5, 0.6) is 5.75 Å². The van der Waals surface area contributed by atoms with Crippen LogP contribution in [0.4, 0.5) is 0 Å². The molecule has 0 unspecified atom stereocenters. The van der Waals surface area contributed by atoms with Crippen molar-refractivity contribution in [3.63, 3.8) is 0 Å². The average molecular weight is 263 g/mol. The largest absolute Gasteiger partial charge is 0.490 e. The smallest absolute Gasteiger partial charge is 0.120 e. The number of benzene rings is 1. The molecule has 1 aromatic carbocycles. The zero-order valence-electron chi connectivity index (χ0n) is 11.1. The van der Waals surface area contributed by atoms with Crippen molar-refractivity contribution in [2.75, 3.05) is 0 Å². The standard InChI is InChI=1S/C15H21NOS/c1-10-3-5-12(6-4-10)17-13-7-8-14(15(16)18)11(2)9-13/h7-10,12H,3-6H2,1-2H3,(H2,16,18). The summed E-state index contributed by atoms with van der Waals surface area (Å²) in [6, 6.07) is 5.96. The summed E-state index contributed by atoms with van der Waals surface area (Å²) in [6.07, 6.45) is 5.24. The van der Waals surface area contributed by atoms with Gasteiger partial charge in [-0.3, -0.25) is 0 Å². The van der Waals surface area contributed by atoms with Crippen molar-refractivity contribution >= 4 is 17.2 Å². The second kappa shape index (κ2) is 5.70. The third-order valence-electron chi connectivity index (χ3n) is 3.73. The number of hydrogen-bond acceptors (Lipinski definition) is 2. The molecule has 2 rings (SSSR count). The number of hydrogen-bond donors (Lipinski definition) is 1. The fourth-order valence-corrected chi connectivity index (χ4v) is 2.75. The Bertz CT molecular complexity index is 436. The van der Waals surface area contributed by atoms with Gasteiger partial charge in [0.15, 0.2) is 0 Å². The van der Waals surface area contributed by atoms with E-state index in [1.54, 1.807) is 0 Å². The van der Waals surface area contributed by atoms with Crippen LogP contribution in [-0.4, -0.2) is 11.1 Å². The molecule has 0 heterocycles. The molecule has 0 atom stereocenters. The predicted octanol–water partition coefficient (Wildman–Crippen LogP) is 3.59. The Morgan fingerprint density at radius 3 is 2.50 bits per heavy atom. The highest BCUT2D eigenvalue weighted by atomic mass is 32.1. The highest BCUT2D eigenvalue weighted by Crippen LogP contribution is 2.28. The van der Waals surface area contributed by atoms with Crippen molar-refractivity contribution in [3.8, 4) is 5.75 Å². The van der Waals surface area contributed by atoms with Gasteiger partial charge in [-0.1, -0.05) is 19.1 Å². The summed E-state index contributed by atoms with van der Waals surface area (Å²) in [7, 11) is 0. The molecule has 0 saturated heterocycles. The normalized spacial score (nSPS) is 23.7. The molecule has 1 aliphatic rings. The predicted molar refractivity (Wildman–Crippen MR) is 79.1 cm³/mol. The van der Waals surface area contributed by atoms with Gasteiger partial charge < -0.3 is 10.5 Å². The van der Waals surface area contributed by atoms with Crippen molar-refractivity contribution in [1.29, 1.82) is 0 Å². The van der Waals surface area contributed by atoms with E-state index in [0.29, 0.717) is 11.1 Å². The Balaban J connectivity index is 2.02. The summed E-state index contributed by atoms with van der Waals surface area (Å²) >= 11 is 5.00. The molecule has 3 heteroatoms. The quantitative estimate of drug-likeness (QED) is 0.846. The summed E-state index contributed by atoms with van der Waals surface area (Å²) in [5, 5.41) is 0. The second-order valence-electron chi connectivity index (χ2n) is 5.34. The van der Waals surface area contributed by atoms with Crippen molar-refractivity contribution in [2.45, 2.75) is 45.6 Å². The van der Waals surface area contributed by atoms with Crippen LogP contribution in [0.1, 0.15) is 43.7 Å². The van der Waals surface area contributed by atoms with Crippen molar-refractivity contribution in [2.24, 2.45) is 11.7 Å². The summed E-state index contributed by atoms with van der Waals surface area (Å²) < 4.78 is 6.04. The number of ether oxygens (including phenoxy) is 1. The fraction of sp³-hybridized carbons (Fsp3) is 0.533. The molecule has 0 spiro atoms. The zero-order chi connectivity index (χ0) is 13.1. The Hall–Kier alpha value is -1.09. The molecule has 2 nitrogen and oxygen atoms in total. The van der Waals surface area contributed by atoms with Gasteiger partial charge in [0, 0.05) is 5.56 Å². The van der Waals surface area contributed by atoms with E-state index in [0.717, 1.165) is 35.6 Å². The van der Waals surface area contributed by atoms with Crippen LogP contribution in [0, 0.1) is 12.8 Å². The molecular weight excluding hydrogens is 242 g/mol. The monoisotopic (exact) mass is 263 g/mol. The lowest BCUT2D eigenvalue weighted by molar-refractivity contribution is 0.135. The first kappa shape index (κ1) is 13.3. The summed E-state index contributed by atoms with van der Waals surface area (Å²) in [5.41, 5.74) is 7.68. The zero-order valence-corrected chi connectivity index (χ0v) is 11.9. The maximum atomic E-state index is 6.04. The summed E-state index contributed by atoms with van der Waals surface area (Å²) in [4.78, 5) is 0.450. The molecule has 0 radical (unpaired) electrons. The lowest BCUT2D eigenvalue weighted by Gasteiger charge is -2.27. The first-order valence-corrected chi connectivity index (χ1v) is 7.04. The number of aryl methyl sites for hydroxylation is 1. The molecule has 0 amide bonds. The first-order valence-electron chi connectivity index (χ1n) is 6.63. The molecular formula is C15H21NOS. The van der Waals surface area contributed by atoms with Crippen molar-refractivity contribution < 1.29 is 4.74 Å². The van der Waals surface area contributed by atoms with Gasteiger partial charge in [0.2, 0.25) is 0 Å². The van der Waals surface area contributed by atoms with E-state index in [9.17, 15) is 0 Å². The highest BCUT2D eigenvalue weighted by molar-refractivity contribution is 7.80. The Morgan fingerprint density at radius 1 is 1.28 bits per heavy atom. The maximum Gasteiger partial charge on any atom is 0.120 e. The number of rotatable bonds is 3. The van der Waals surface area contributed by atoms with Crippen molar-refractivity contribution in [3.05, 3.63) is 29.3 Å². The lowest BCUT2D eigenvalue weighted by Crippen LogP contribution is -2.23. The van der Waals surface area contributed by atoms with Crippen LogP contribution in [0.3, 0.4) is 0 Å². The van der Waals surface area contributed by atoms with Gasteiger partial charge in [0.1, 0.15) is 10.7 Å². The molecule has 1 aliphatic carbocycles. The van der Waals surface area contributed by atoms with Gasteiger partial charge in [0.05, 0.1) is 6.10 Å². The third kappa shape index (κ3) is 3.22. The van der Waals surface area contributed by atoms with Crippen LogP contribution < -0.4 is 10.5 Å². The Kier molecular flexibility index (Phi) is 4.23. The van der Waals surface area contributed by atoms with Crippen LogP contribution in [0.15, 0.2) is 18.2 Å². The molecule has 1 aromatic rings. The Labute approximate surface area is 115 Å². The second-order valence-corrected chi connectivity index (χ2v) is 5.78. The lowest BCUT2D eigenvalue weighted by atomic mass is 9.89. The van der Waals surface area contributed by atoms with E-state index in [4.69, 9.17) is 22.7 Å². The molecule has 0 bridgehead atoms. The van der Waals surface area contributed by atoms with Gasteiger partial charge in [-0.25, -0.2) is 0 Å². The topological polar surface area (TPSA) is 35.2 Å². The van der Waals surface area contributed by atoms with Crippen LogP contribution in [0.2, 0.25) is 0 Å². The molecule has 0 aromatic heterocycles. The van der Waals surface area contributed by atoms with Gasteiger partial charge in [0.25, 0.3) is 0 Å². The van der Waals surface area contributed by atoms with Gasteiger partial charge in [-0.15, -0.1) is 0 Å². The first-order chi connectivity index (χ1) is 8.56. The van der Waals surface area contributed by atoms with E-state index in [-0.39, 0.29) is 0 Å².